The third kappa shape index (κ3) is 2.03. The minimum absolute atomic E-state index is 0.0152. The lowest BCUT2D eigenvalue weighted by Gasteiger charge is -2.04. The standard InChI is InChI=1S/C8H9ClN2O2/c1-13-5-2-7(9)6(4-11-10)8(12)3-5/h2-4,12H,10H2,1H3. The van der Waals surface area contributed by atoms with Crippen molar-refractivity contribution >= 4 is 17.8 Å². The van der Waals surface area contributed by atoms with Crippen LogP contribution in [0.15, 0.2) is 17.2 Å². The van der Waals surface area contributed by atoms with Crippen LogP contribution in [0.5, 0.6) is 11.5 Å². The Hall–Kier alpha value is -1.42. The van der Waals surface area contributed by atoms with Crippen LogP contribution in [-0.2, 0) is 0 Å². The molecule has 0 bridgehead atoms. The van der Waals surface area contributed by atoms with Gasteiger partial charge in [0.25, 0.3) is 0 Å². The molecule has 5 heteroatoms. The predicted octanol–water partition coefficient (Wildman–Crippen LogP) is 1.35. The Kier molecular flexibility index (Phi) is 2.97. The van der Waals surface area contributed by atoms with E-state index in [0.717, 1.165) is 0 Å². The highest BCUT2D eigenvalue weighted by Crippen LogP contribution is 2.29. The smallest absolute Gasteiger partial charge is 0.129 e. The summed E-state index contributed by atoms with van der Waals surface area (Å²) in [4.78, 5) is 0. The molecule has 0 heterocycles. The van der Waals surface area contributed by atoms with Gasteiger partial charge in [-0.25, -0.2) is 0 Å². The molecule has 0 aromatic heterocycles. The molecule has 13 heavy (non-hydrogen) atoms. The summed E-state index contributed by atoms with van der Waals surface area (Å²) in [6.07, 6.45) is 1.27. The number of phenolic OH excluding ortho intramolecular Hbond substituents is 1. The zero-order valence-electron chi connectivity index (χ0n) is 6.99. The molecular weight excluding hydrogens is 192 g/mol. The highest BCUT2D eigenvalue weighted by atomic mass is 35.5. The number of hydrogen-bond acceptors (Lipinski definition) is 4. The number of nitrogens with zero attached hydrogens (tertiary/aromatic N) is 1. The van der Waals surface area contributed by atoms with Gasteiger partial charge in [-0.1, -0.05) is 11.6 Å². The molecule has 0 aliphatic heterocycles. The van der Waals surface area contributed by atoms with E-state index in [1.165, 1.54) is 19.4 Å². The molecule has 70 valence electrons. The molecule has 0 fully saturated rings. The zero-order valence-corrected chi connectivity index (χ0v) is 7.75. The van der Waals surface area contributed by atoms with Crippen molar-refractivity contribution in [3.8, 4) is 11.5 Å². The number of nitrogens with two attached hydrogens (primary N) is 1. The second-order valence-electron chi connectivity index (χ2n) is 2.32. The van der Waals surface area contributed by atoms with Crippen LogP contribution < -0.4 is 10.6 Å². The lowest BCUT2D eigenvalue weighted by molar-refractivity contribution is 0.407. The van der Waals surface area contributed by atoms with Gasteiger partial charge < -0.3 is 15.7 Å². The molecule has 0 aliphatic carbocycles. The molecule has 1 aromatic carbocycles. The van der Waals surface area contributed by atoms with Gasteiger partial charge in [-0.05, 0) is 6.07 Å². The predicted molar refractivity (Wildman–Crippen MR) is 51.5 cm³/mol. The number of halogens is 1. The molecule has 0 saturated heterocycles. The van der Waals surface area contributed by atoms with Crippen LogP contribution in [0, 0.1) is 0 Å². The zero-order chi connectivity index (χ0) is 9.84. The summed E-state index contributed by atoms with van der Waals surface area (Å²) in [6.45, 7) is 0. The molecule has 0 radical (unpaired) electrons. The minimum atomic E-state index is -0.0152. The Labute approximate surface area is 80.6 Å². The summed E-state index contributed by atoms with van der Waals surface area (Å²) in [7, 11) is 1.49. The van der Waals surface area contributed by atoms with Crippen LogP contribution in [0.25, 0.3) is 0 Å². The molecule has 1 aromatic rings. The summed E-state index contributed by atoms with van der Waals surface area (Å²) in [6, 6.07) is 3.00. The van der Waals surface area contributed by atoms with Crippen molar-refractivity contribution in [3.63, 3.8) is 0 Å². The summed E-state index contributed by atoms with van der Waals surface area (Å²) >= 11 is 5.81. The van der Waals surface area contributed by atoms with Gasteiger partial charge in [-0.2, -0.15) is 5.10 Å². The number of methoxy groups -OCH3 is 1. The highest BCUT2D eigenvalue weighted by molar-refractivity contribution is 6.33. The van der Waals surface area contributed by atoms with Gasteiger partial charge in [0.05, 0.1) is 23.9 Å². The summed E-state index contributed by atoms with van der Waals surface area (Å²) in [5.41, 5.74) is 0.380. The summed E-state index contributed by atoms with van der Waals surface area (Å²) in [5, 5.41) is 13.0. The molecule has 0 unspecified atom stereocenters. The second kappa shape index (κ2) is 4.00. The molecule has 0 atom stereocenters. The van der Waals surface area contributed by atoms with Crippen LogP contribution in [0.4, 0.5) is 0 Å². The number of phenols is 1. The van der Waals surface area contributed by atoms with Crippen molar-refractivity contribution in [3.05, 3.63) is 22.7 Å². The van der Waals surface area contributed by atoms with Crippen LogP contribution in [-0.4, -0.2) is 18.4 Å². The highest BCUT2D eigenvalue weighted by Gasteiger charge is 2.06. The van der Waals surface area contributed by atoms with E-state index in [4.69, 9.17) is 22.2 Å². The van der Waals surface area contributed by atoms with E-state index in [9.17, 15) is 5.11 Å². The van der Waals surface area contributed by atoms with Crippen LogP contribution >= 0.6 is 11.6 Å². The quantitative estimate of drug-likeness (QED) is 0.430. The average molecular weight is 201 g/mol. The first kappa shape index (κ1) is 9.67. The van der Waals surface area contributed by atoms with Crippen LogP contribution in [0.3, 0.4) is 0 Å². The Morgan fingerprint density at radius 2 is 2.31 bits per heavy atom. The maximum atomic E-state index is 9.42. The fourth-order valence-corrected chi connectivity index (χ4v) is 1.15. The molecular formula is C8H9ClN2O2. The van der Waals surface area contributed by atoms with Gasteiger partial charge in [0.1, 0.15) is 11.5 Å². The monoisotopic (exact) mass is 200 g/mol. The molecule has 0 spiro atoms. The molecule has 0 aliphatic rings. The molecule has 1 rings (SSSR count). The molecule has 0 amide bonds. The number of hydrogen-bond donors (Lipinski definition) is 2. The topological polar surface area (TPSA) is 67.8 Å². The molecule has 0 saturated carbocycles. The van der Waals surface area contributed by atoms with Crippen LogP contribution in [0.1, 0.15) is 5.56 Å². The van der Waals surface area contributed by atoms with Crippen molar-refractivity contribution in [2.75, 3.05) is 7.11 Å². The summed E-state index contributed by atoms with van der Waals surface area (Å²) < 4.78 is 4.89. The number of benzene rings is 1. The van der Waals surface area contributed by atoms with Crippen LogP contribution in [0.2, 0.25) is 5.02 Å². The number of aromatic hydroxyl groups is 1. The van der Waals surface area contributed by atoms with Gasteiger partial charge in [-0.3, -0.25) is 0 Å². The SMILES string of the molecule is COc1cc(O)c(C=NN)c(Cl)c1. The second-order valence-corrected chi connectivity index (χ2v) is 2.73. The maximum Gasteiger partial charge on any atom is 0.129 e. The molecule has 3 N–H and O–H groups in total. The third-order valence-corrected chi connectivity index (χ3v) is 1.83. The van der Waals surface area contributed by atoms with Gasteiger partial charge in [0.15, 0.2) is 0 Å². The Bertz CT molecular complexity index is 316. The number of ether oxygens (including phenoxy) is 1. The van der Waals surface area contributed by atoms with Gasteiger partial charge in [-0.15, -0.1) is 0 Å². The van der Waals surface area contributed by atoms with E-state index in [2.05, 4.69) is 5.10 Å². The van der Waals surface area contributed by atoms with E-state index in [-0.39, 0.29) is 5.75 Å². The third-order valence-electron chi connectivity index (χ3n) is 1.52. The maximum absolute atomic E-state index is 9.42. The van der Waals surface area contributed by atoms with E-state index in [1.807, 2.05) is 0 Å². The summed E-state index contributed by atoms with van der Waals surface area (Å²) in [5.74, 6) is 5.41. The van der Waals surface area contributed by atoms with E-state index < -0.39 is 0 Å². The van der Waals surface area contributed by atoms with Crippen molar-refractivity contribution in [1.29, 1.82) is 0 Å². The minimum Gasteiger partial charge on any atom is -0.507 e. The van der Waals surface area contributed by atoms with Gasteiger partial charge in [0.2, 0.25) is 0 Å². The first-order chi connectivity index (χ1) is 6.19. The lowest BCUT2D eigenvalue weighted by atomic mass is 10.2. The average Bonchev–Trinajstić information content (AvgIpc) is 2.11. The first-order valence-corrected chi connectivity index (χ1v) is 3.86. The Balaban J connectivity index is 3.22. The van der Waals surface area contributed by atoms with Crippen molar-refractivity contribution in [2.24, 2.45) is 10.9 Å². The lowest BCUT2D eigenvalue weighted by Crippen LogP contribution is -1.90. The normalized spacial score (nSPS) is 10.6. The number of rotatable bonds is 2. The first-order valence-electron chi connectivity index (χ1n) is 3.48. The van der Waals surface area contributed by atoms with Gasteiger partial charge >= 0.3 is 0 Å². The van der Waals surface area contributed by atoms with E-state index >= 15 is 0 Å². The van der Waals surface area contributed by atoms with Gasteiger partial charge in [0, 0.05) is 6.07 Å². The van der Waals surface area contributed by atoms with Crippen molar-refractivity contribution in [1.82, 2.24) is 0 Å². The van der Waals surface area contributed by atoms with Crippen molar-refractivity contribution < 1.29 is 9.84 Å². The Morgan fingerprint density at radius 1 is 1.62 bits per heavy atom. The fourth-order valence-electron chi connectivity index (χ4n) is 0.899. The largest absolute Gasteiger partial charge is 0.507 e. The van der Waals surface area contributed by atoms with E-state index in [0.29, 0.717) is 16.3 Å². The number of hydrazone groups is 1. The van der Waals surface area contributed by atoms with Crippen molar-refractivity contribution in [2.45, 2.75) is 0 Å². The fraction of sp³-hybridized carbons (Fsp3) is 0.125. The van der Waals surface area contributed by atoms with E-state index in [1.54, 1.807) is 6.07 Å². The molecule has 4 nitrogen and oxygen atoms in total. The Morgan fingerprint density at radius 3 is 2.77 bits per heavy atom.